The molecular formula is C10H11NO3P+. The van der Waals surface area contributed by atoms with Gasteiger partial charge in [0.2, 0.25) is 0 Å². The van der Waals surface area contributed by atoms with Crippen molar-refractivity contribution in [3.8, 4) is 0 Å². The molecule has 2 aromatic rings. The second-order valence-electron chi connectivity index (χ2n) is 2.90. The Morgan fingerprint density at radius 2 is 1.73 bits per heavy atom. The van der Waals surface area contributed by atoms with Crippen LogP contribution in [0.1, 0.15) is 5.69 Å². The van der Waals surface area contributed by atoms with Gasteiger partial charge in [0, 0.05) is 15.6 Å². The van der Waals surface area contributed by atoms with Crippen molar-refractivity contribution in [1.82, 2.24) is 4.98 Å². The normalized spacial score (nSPS) is 9.27. The van der Waals surface area contributed by atoms with Crippen molar-refractivity contribution in [1.29, 1.82) is 0 Å². The molecule has 0 aliphatic heterocycles. The Morgan fingerprint density at radius 3 is 2.40 bits per heavy atom. The Bertz CT molecular complexity index is 469. The molecule has 2 N–H and O–H groups in total. The SMILES string of the molecule is Cc1ccc2ccccc2n1.O=[P+](O)O. The first kappa shape index (κ1) is 11.7. The predicted octanol–water partition coefficient (Wildman–Crippen LogP) is 2.17. The van der Waals surface area contributed by atoms with E-state index in [1.807, 2.05) is 31.2 Å². The number of pyridine rings is 1. The van der Waals surface area contributed by atoms with Crippen molar-refractivity contribution < 1.29 is 14.4 Å². The van der Waals surface area contributed by atoms with E-state index in [0.717, 1.165) is 11.2 Å². The van der Waals surface area contributed by atoms with Crippen LogP contribution in [-0.2, 0) is 4.57 Å². The van der Waals surface area contributed by atoms with Gasteiger partial charge in [0.05, 0.1) is 5.52 Å². The summed E-state index contributed by atoms with van der Waals surface area (Å²) in [7, 11) is -2.87. The molecule has 78 valence electrons. The molecular weight excluding hydrogens is 213 g/mol. The molecule has 0 amide bonds. The van der Waals surface area contributed by atoms with E-state index in [1.165, 1.54) is 5.39 Å². The summed E-state index contributed by atoms with van der Waals surface area (Å²) < 4.78 is 8.70. The Morgan fingerprint density at radius 1 is 1.13 bits per heavy atom. The third-order valence-electron chi connectivity index (χ3n) is 1.74. The van der Waals surface area contributed by atoms with Gasteiger partial charge in [-0.15, -0.1) is 9.79 Å². The first-order valence-corrected chi connectivity index (χ1v) is 5.43. The zero-order valence-corrected chi connectivity index (χ0v) is 9.06. The van der Waals surface area contributed by atoms with Gasteiger partial charge in [-0.2, -0.15) is 0 Å². The summed E-state index contributed by atoms with van der Waals surface area (Å²) in [6, 6.07) is 12.3. The van der Waals surface area contributed by atoms with Gasteiger partial charge in [0.25, 0.3) is 0 Å². The average Bonchev–Trinajstić information content (AvgIpc) is 2.16. The quantitative estimate of drug-likeness (QED) is 0.673. The van der Waals surface area contributed by atoms with Gasteiger partial charge in [-0.05, 0) is 19.1 Å². The smallest absolute Gasteiger partial charge is 0.253 e. The van der Waals surface area contributed by atoms with Crippen LogP contribution in [0.15, 0.2) is 36.4 Å². The number of para-hydroxylation sites is 1. The molecule has 0 fully saturated rings. The van der Waals surface area contributed by atoms with Crippen LogP contribution in [0.5, 0.6) is 0 Å². The van der Waals surface area contributed by atoms with Gasteiger partial charge in [-0.25, -0.2) is 0 Å². The van der Waals surface area contributed by atoms with Crippen LogP contribution in [0.25, 0.3) is 10.9 Å². The molecule has 0 saturated heterocycles. The number of hydrogen-bond acceptors (Lipinski definition) is 2. The monoisotopic (exact) mass is 224 g/mol. The first-order valence-electron chi connectivity index (χ1n) is 4.27. The summed E-state index contributed by atoms with van der Waals surface area (Å²) in [5.41, 5.74) is 2.15. The second kappa shape index (κ2) is 5.51. The maximum Gasteiger partial charge on any atom is 0.692 e. The lowest BCUT2D eigenvalue weighted by molar-refractivity contribution is 0.405. The molecule has 1 heterocycles. The Kier molecular flexibility index (Phi) is 4.31. The summed E-state index contributed by atoms with van der Waals surface area (Å²) in [6.45, 7) is 2.01. The summed E-state index contributed by atoms with van der Waals surface area (Å²) in [5.74, 6) is 0. The minimum Gasteiger partial charge on any atom is -0.253 e. The van der Waals surface area contributed by atoms with Crippen LogP contribution >= 0.6 is 8.25 Å². The zero-order chi connectivity index (χ0) is 11.3. The average molecular weight is 224 g/mol. The molecule has 5 heteroatoms. The van der Waals surface area contributed by atoms with Gasteiger partial charge in [0.15, 0.2) is 0 Å². The molecule has 15 heavy (non-hydrogen) atoms. The summed E-state index contributed by atoms with van der Waals surface area (Å²) >= 11 is 0. The van der Waals surface area contributed by atoms with Crippen molar-refractivity contribution in [2.45, 2.75) is 6.92 Å². The van der Waals surface area contributed by atoms with Crippen molar-refractivity contribution >= 4 is 19.2 Å². The van der Waals surface area contributed by atoms with Crippen molar-refractivity contribution in [2.24, 2.45) is 0 Å². The lowest BCUT2D eigenvalue weighted by atomic mass is 10.2. The molecule has 1 aromatic carbocycles. The maximum absolute atomic E-state index is 8.70. The Labute approximate surface area is 88.2 Å². The molecule has 0 unspecified atom stereocenters. The number of nitrogens with zero attached hydrogens (tertiary/aromatic N) is 1. The van der Waals surface area contributed by atoms with Gasteiger partial charge >= 0.3 is 8.25 Å². The molecule has 0 radical (unpaired) electrons. The van der Waals surface area contributed by atoms with E-state index in [-0.39, 0.29) is 0 Å². The molecule has 4 nitrogen and oxygen atoms in total. The van der Waals surface area contributed by atoms with Crippen LogP contribution in [0, 0.1) is 6.92 Å². The van der Waals surface area contributed by atoms with Crippen LogP contribution in [-0.4, -0.2) is 14.8 Å². The van der Waals surface area contributed by atoms with E-state index < -0.39 is 8.25 Å². The fourth-order valence-electron chi connectivity index (χ4n) is 1.17. The Hall–Kier alpha value is -1.35. The number of fused-ring (bicyclic) bond motifs is 1. The van der Waals surface area contributed by atoms with Gasteiger partial charge in [-0.1, -0.05) is 24.3 Å². The minimum absolute atomic E-state index is 1.07. The van der Waals surface area contributed by atoms with E-state index in [9.17, 15) is 0 Å². The largest absolute Gasteiger partial charge is 0.692 e. The number of benzene rings is 1. The van der Waals surface area contributed by atoms with Crippen LogP contribution in [0.4, 0.5) is 0 Å². The predicted molar refractivity (Wildman–Crippen MR) is 58.5 cm³/mol. The molecule has 0 saturated carbocycles. The minimum atomic E-state index is -2.87. The van der Waals surface area contributed by atoms with E-state index in [1.54, 1.807) is 0 Å². The Balaban J connectivity index is 0.000000245. The number of aromatic nitrogens is 1. The van der Waals surface area contributed by atoms with E-state index >= 15 is 0 Å². The fraction of sp³-hybridized carbons (Fsp3) is 0.100. The van der Waals surface area contributed by atoms with E-state index in [4.69, 9.17) is 14.4 Å². The van der Waals surface area contributed by atoms with Gasteiger partial charge < -0.3 is 0 Å². The third kappa shape index (κ3) is 4.13. The fourth-order valence-corrected chi connectivity index (χ4v) is 1.17. The lowest BCUT2D eigenvalue weighted by Crippen LogP contribution is -1.80. The van der Waals surface area contributed by atoms with Crippen LogP contribution in [0.3, 0.4) is 0 Å². The summed E-state index contributed by atoms with van der Waals surface area (Å²) in [5, 5.41) is 1.21. The van der Waals surface area contributed by atoms with Crippen molar-refractivity contribution in [2.75, 3.05) is 0 Å². The molecule has 2 rings (SSSR count). The molecule has 0 aliphatic rings. The van der Waals surface area contributed by atoms with Gasteiger partial charge in [0.1, 0.15) is 0 Å². The highest BCUT2D eigenvalue weighted by molar-refractivity contribution is 7.30. The highest BCUT2D eigenvalue weighted by Gasteiger charge is 1.93. The van der Waals surface area contributed by atoms with E-state index in [2.05, 4.69) is 17.1 Å². The highest BCUT2D eigenvalue weighted by atomic mass is 31.1. The summed E-state index contributed by atoms with van der Waals surface area (Å²) in [6.07, 6.45) is 0. The number of rotatable bonds is 0. The molecule has 1 aromatic heterocycles. The lowest BCUT2D eigenvalue weighted by Gasteiger charge is -1.95. The van der Waals surface area contributed by atoms with Crippen LogP contribution < -0.4 is 0 Å². The van der Waals surface area contributed by atoms with E-state index in [0.29, 0.717) is 0 Å². The molecule has 0 atom stereocenters. The standard InChI is InChI=1S/C10H9N.HO3P/c1-8-6-7-9-4-2-3-5-10(9)11-8;1-4(2)3/h2-7H,1H3;(H-,1,2,3)/p+1. The van der Waals surface area contributed by atoms with Crippen molar-refractivity contribution in [3.05, 3.63) is 42.1 Å². The molecule has 0 spiro atoms. The summed E-state index contributed by atoms with van der Waals surface area (Å²) in [4.78, 5) is 18.6. The third-order valence-corrected chi connectivity index (χ3v) is 1.74. The van der Waals surface area contributed by atoms with Crippen LogP contribution in [0.2, 0.25) is 0 Å². The molecule has 0 bridgehead atoms. The second-order valence-corrected chi connectivity index (χ2v) is 3.40. The maximum atomic E-state index is 8.70. The highest BCUT2D eigenvalue weighted by Crippen LogP contribution is 2.10. The van der Waals surface area contributed by atoms with Gasteiger partial charge in [-0.3, -0.25) is 4.98 Å². The number of hydrogen-bond donors (Lipinski definition) is 2. The topological polar surface area (TPSA) is 70.4 Å². The number of aryl methyl sites for hydroxylation is 1. The van der Waals surface area contributed by atoms with Crippen molar-refractivity contribution in [3.63, 3.8) is 0 Å². The zero-order valence-electron chi connectivity index (χ0n) is 8.16. The first-order chi connectivity index (χ1) is 7.09. The molecule has 0 aliphatic carbocycles.